The number of carbonyl (C=O) groups excluding carboxylic acids is 2. The van der Waals surface area contributed by atoms with Gasteiger partial charge in [0.1, 0.15) is 30.3 Å². The summed E-state index contributed by atoms with van der Waals surface area (Å²) in [7, 11) is 0. The standard InChI is InChI=1S/C24H25FN4O4/c1-14-8-18(14)24(32)28-22-10-16(4-6-27-22)15-2-3-20(17(9-15)11-26)33-21-5-7-29(12-19(21)25)23(31)13-30/h2-4,6,9-10,14,18-19,21,30H,5,7-8,12-13H2,1H3,(H,27,28,32)/t14-,18?,19?,21+/m1/s1. The van der Waals surface area contributed by atoms with Crippen LogP contribution in [0.2, 0.25) is 0 Å². The second-order valence-electron chi connectivity index (χ2n) is 8.52. The smallest absolute Gasteiger partial charge is 0.248 e. The largest absolute Gasteiger partial charge is 0.486 e. The lowest BCUT2D eigenvalue weighted by molar-refractivity contribution is -0.138. The molecule has 1 aromatic carbocycles. The summed E-state index contributed by atoms with van der Waals surface area (Å²) in [4.78, 5) is 29.2. The van der Waals surface area contributed by atoms with Gasteiger partial charge < -0.3 is 20.1 Å². The minimum Gasteiger partial charge on any atom is -0.486 e. The molecule has 0 spiro atoms. The molecule has 0 bridgehead atoms. The highest BCUT2D eigenvalue weighted by molar-refractivity contribution is 5.94. The third-order valence-electron chi connectivity index (χ3n) is 6.14. The third kappa shape index (κ3) is 5.12. The number of halogens is 1. The number of benzene rings is 1. The molecule has 9 heteroatoms. The third-order valence-corrected chi connectivity index (χ3v) is 6.14. The van der Waals surface area contributed by atoms with Gasteiger partial charge in [-0.25, -0.2) is 9.37 Å². The second-order valence-corrected chi connectivity index (χ2v) is 8.52. The number of rotatable bonds is 6. The fourth-order valence-corrected chi connectivity index (χ4v) is 3.99. The van der Waals surface area contributed by atoms with Crippen molar-refractivity contribution in [1.29, 1.82) is 5.26 Å². The molecule has 1 saturated carbocycles. The maximum atomic E-state index is 14.6. The van der Waals surface area contributed by atoms with E-state index in [0.29, 0.717) is 11.7 Å². The van der Waals surface area contributed by atoms with Crippen LogP contribution in [-0.2, 0) is 9.59 Å². The van der Waals surface area contributed by atoms with Crippen molar-refractivity contribution in [1.82, 2.24) is 9.88 Å². The molecule has 2 unspecified atom stereocenters. The van der Waals surface area contributed by atoms with Crippen LogP contribution in [0.3, 0.4) is 0 Å². The Morgan fingerprint density at radius 1 is 1.33 bits per heavy atom. The lowest BCUT2D eigenvalue weighted by Crippen LogP contribution is -2.50. The monoisotopic (exact) mass is 452 g/mol. The van der Waals surface area contributed by atoms with E-state index in [1.807, 2.05) is 6.92 Å². The summed E-state index contributed by atoms with van der Waals surface area (Å²) in [5, 5.41) is 21.4. The first-order valence-electron chi connectivity index (χ1n) is 10.9. The number of anilines is 1. The van der Waals surface area contributed by atoms with Crippen LogP contribution in [0.15, 0.2) is 36.5 Å². The molecule has 2 N–H and O–H groups in total. The van der Waals surface area contributed by atoms with Crippen molar-refractivity contribution in [3.8, 4) is 22.9 Å². The minimum atomic E-state index is -1.43. The number of amides is 2. The summed E-state index contributed by atoms with van der Waals surface area (Å²) < 4.78 is 20.4. The van der Waals surface area contributed by atoms with Gasteiger partial charge in [0.15, 0.2) is 6.17 Å². The molecule has 1 saturated heterocycles. The van der Waals surface area contributed by atoms with Gasteiger partial charge in [0.25, 0.3) is 0 Å². The predicted molar refractivity (Wildman–Crippen MR) is 118 cm³/mol. The number of nitrogens with zero attached hydrogens (tertiary/aromatic N) is 3. The molecule has 2 amide bonds. The Morgan fingerprint density at radius 3 is 2.76 bits per heavy atom. The topological polar surface area (TPSA) is 116 Å². The summed E-state index contributed by atoms with van der Waals surface area (Å²) in [6.45, 7) is 1.49. The van der Waals surface area contributed by atoms with E-state index in [0.717, 1.165) is 17.5 Å². The van der Waals surface area contributed by atoms with Crippen molar-refractivity contribution < 1.29 is 23.8 Å². The average molecular weight is 452 g/mol. The molecule has 0 radical (unpaired) electrons. The van der Waals surface area contributed by atoms with Gasteiger partial charge in [0.05, 0.1) is 12.1 Å². The van der Waals surface area contributed by atoms with Gasteiger partial charge in [0.2, 0.25) is 11.8 Å². The Hall–Kier alpha value is -3.51. The molecule has 2 aliphatic rings. The predicted octanol–water partition coefficient (Wildman–Crippen LogP) is 2.52. The fraction of sp³-hybridized carbons (Fsp3) is 0.417. The highest BCUT2D eigenvalue weighted by Crippen LogP contribution is 2.38. The number of carbonyl (C=O) groups is 2. The zero-order chi connectivity index (χ0) is 23.5. The number of likely N-dealkylation sites (tertiary alicyclic amines) is 1. The van der Waals surface area contributed by atoms with Gasteiger partial charge >= 0.3 is 0 Å². The summed E-state index contributed by atoms with van der Waals surface area (Å²) in [5.74, 6) is 0.579. The van der Waals surface area contributed by atoms with Crippen molar-refractivity contribution in [2.24, 2.45) is 11.8 Å². The van der Waals surface area contributed by atoms with E-state index in [-0.39, 0.29) is 42.6 Å². The Balaban J connectivity index is 1.46. The average Bonchev–Trinajstić information content (AvgIpc) is 3.57. The van der Waals surface area contributed by atoms with Gasteiger partial charge in [-0.1, -0.05) is 13.0 Å². The molecule has 33 heavy (non-hydrogen) atoms. The molecule has 4 rings (SSSR count). The van der Waals surface area contributed by atoms with Crippen LogP contribution >= 0.6 is 0 Å². The maximum absolute atomic E-state index is 14.6. The highest BCUT2D eigenvalue weighted by Gasteiger charge is 2.39. The molecule has 4 atom stereocenters. The van der Waals surface area contributed by atoms with E-state index < -0.39 is 24.8 Å². The number of nitrogens with one attached hydrogen (secondary N) is 1. The number of aliphatic hydroxyl groups excluding tert-OH is 1. The zero-order valence-corrected chi connectivity index (χ0v) is 18.2. The van der Waals surface area contributed by atoms with Crippen LogP contribution in [0.1, 0.15) is 25.3 Å². The molecule has 1 aliphatic heterocycles. The van der Waals surface area contributed by atoms with Crippen LogP contribution in [0, 0.1) is 23.2 Å². The number of nitriles is 1. The van der Waals surface area contributed by atoms with E-state index >= 15 is 0 Å². The number of alkyl halides is 1. The molecule has 8 nitrogen and oxygen atoms in total. The van der Waals surface area contributed by atoms with Crippen LogP contribution in [-0.4, -0.2) is 58.8 Å². The molecular weight excluding hydrogens is 427 g/mol. The Labute approximate surface area is 191 Å². The quantitative estimate of drug-likeness (QED) is 0.696. The normalized spacial score (nSPS) is 24.0. The van der Waals surface area contributed by atoms with E-state index in [2.05, 4.69) is 16.4 Å². The summed E-state index contributed by atoms with van der Waals surface area (Å²) in [6.07, 6.45) is 0.508. The molecule has 1 aromatic heterocycles. The number of ether oxygens (including phenoxy) is 1. The maximum Gasteiger partial charge on any atom is 0.248 e. The van der Waals surface area contributed by atoms with Crippen LogP contribution in [0.4, 0.5) is 10.2 Å². The molecule has 2 heterocycles. The number of aliphatic hydroxyl groups is 1. The lowest BCUT2D eigenvalue weighted by atomic mass is 10.0. The Bertz CT molecular complexity index is 1100. The minimum absolute atomic E-state index is 0.0324. The molecule has 1 aliphatic carbocycles. The number of hydrogen-bond donors (Lipinski definition) is 2. The number of hydrogen-bond acceptors (Lipinski definition) is 6. The van der Waals surface area contributed by atoms with Crippen molar-refractivity contribution in [2.75, 3.05) is 25.0 Å². The van der Waals surface area contributed by atoms with Crippen molar-refractivity contribution in [3.63, 3.8) is 0 Å². The van der Waals surface area contributed by atoms with Crippen LogP contribution in [0.5, 0.6) is 5.75 Å². The first-order valence-corrected chi connectivity index (χ1v) is 10.9. The first kappa shape index (κ1) is 22.7. The van der Waals surface area contributed by atoms with Crippen LogP contribution < -0.4 is 10.1 Å². The van der Waals surface area contributed by atoms with Gasteiger partial charge in [-0.05, 0) is 47.7 Å². The number of piperidine rings is 1. The SMILES string of the molecule is C[C@@H]1CC1C(=O)Nc1cc(-c2ccc(O[C@H]3CCN(C(=O)CO)CC3F)c(C#N)c2)ccn1. The van der Waals surface area contributed by atoms with Crippen molar-refractivity contribution in [3.05, 3.63) is 42.1 Å². The molecular formula is C24H25FN4O4. The number of pyridine rings is 1. The van der Waals surface area contributed by atoms with Gasteiger partial charge in [-0.3, -0.25) is 9.59 Å². The van der Waals surface area contributed by atoms with Gasteiger partial charge in [-0.15, -0.1) is 0 Å². The molecule has 172 valence electrons. The van der Waals surface area contributed by atoms with E-state index in [1.165, 1.54) is 4.90 Å². The summed E-state index contributed by atoms with van der Waals surface area (Å²) in [6, 6.07) is 10.6. The fourth-order valence-electron chi connectivity index (χ4n) is 3.99. The highest BCUT2D eigenvalue weighted by atomic mass is 19.1. The zero-order valence-electron chi connectivity index (χ0n) is 18.2. The van der Waals surface area contributed by atoms with E-state index in [4.69, 9.17) is 9.84 Å². The van der Waals surface area contributed by atoms with Crippen molar-refractivity contribution in [2.45, 2.75) is 32.0 Å². The van der Waals surface area contributed by atoms with E-state index in [9.17, 15) is 19.2 Å². The second kappa shape index (κ2) is 9.55. The van der Waals surface area contributed by atoms with Gasteiger partial charge in [-0.2, -0.15) is 5.26 Å². The van der Waals surface area contributed by atoms with Crippen LogP contribution in [0.25, 0.3) is 11.1 Å². The van der Waals surface area contributed by atoms with Crippen molar-refractivity contribution >= 4 is 17.6 Å². The summed E-state index contributed by atoms with van der Waals surface area (Å²) in [5.41, 5.74) is 1.76. The Kier molecular flexibility index (Phi) is 6.56. The first-order chi connectivity index (χ1) is 15.9. The lowest BCUT2D eigenvalue weighted by Gasteiger charge is -2.34. The number of aromatic nitrogens is 1. The molecule has 2 fully saturated rings. The Morgan fingerprint density at radius 2 is 2.09 bits per heavy atom. The van der Waals surface area contributed by atoms with Gasteiger partial charge in [0, 0.05) is 25.1 Å². The summed E-state index contributed by atoms with van der Waals surface area (Å²) >= 11 is 0. The van der Waals surface area contributed by atoms with E-state index in [1.54, 1.807) is 36.5 Å². The molecule has 2 aromatic rings.